The molecule has 0 unspecified atom stereocenters. The van der Waals surface area contributed by atoms with Crippen molar-refractivity contribution in [1.29, 1.82) is 0 Å². The smallest absolute Gasteiger partial charge is 0.144 e. The summed E-state index contributed by atoms with van der Waals surface area (Å²) in [6.45, 7) is 1.93. The van der Waals surface area contributed by atoms with E-state index in [1.54, 1.807) is 18.6 Å². The van der Waals surface area contributed by atoms with E-state index in [0.717, 1.165) is 18.8 Å². The topological polar surface area (TPSA) is 67.3 Å². The molecule has 0 atom stereocenters. The van der Waals surface area contributed by atoms with Crippen LogP contribution in [-0.4, -0.2) is 41.4 Å². The Morgan fingerprint density at radius 3 is 3.00 bits per heavy atom. The van der Waals surface area contributed by atoms with Crippen molar-refractivity contribution in [2.24, 2.45) is 0 Å². The van der Waals surface area contributed by atoms with Gasteiger partial charge >= 0.3 is 0 Å². The van der Waals surface area contributed by atoms with Crippen molar-refractivity contribution in [3.05, 3.63) is 18.6 Å². The summed E-state index contributed by atoms with van der Waals surface area (Å²) in [6.07, 6.45) is 5.84. The van der Waals surface area contributed by atoms with Gasteiger partial charge in [0.05, 0.1) is 19.4 Å². The van der Waals surface area contributed by atoms with E-state index in [1.807, 2.05) is 0 Å². The standard InChI is InChI=1S/C9H15N3O2/c13-5-7-14-6-1-2-11-9-8-10-3-4-12-9/h3-4,8,13H,1-2,5-7H2,(H,11,12). The number of hydrogen-bond acceptors (Lipinski definition) is 5. The van der Waals surface area contributed by atoms with E-state index >= 15 is 0 Å². The summed E-state index contributed by atoms with van der Waals surface area (Å²) in [5, 5.41) is 11.5. The molecule has 0 bridgehead atoms. The SMILES string of the molecule is OCCOCCCNc1cnccn1. The second-order valence-corrected chi connectivity index (χ2v) is 2.71. The van der Waals surface area contributed by atoms with Crippen LogP contribution in [0.5, 0.6) is 0 Å². The Kier molecular flexibility index (Phi) is 5.62. The van der Waals surface area contributed by atoms with E-state index < -0.39 is 0 Å². The summed E-state index contributed by atoms with van der Waals surface area (Å²) >= 11 is 0. The molecule has 5 heteroatoms. The Bertz CT molecular complexity index is 231. The molecule has 78 valence electrons. The number of ether oxygens (including phenoxy) is 1. The zero-order chi connectivity index (χ0) is 10.1. The fourth-order valence-corrected chi connectivity index (χ4v) is 0.948. The number of hydrogen-bond donors (Lipinski definition) is 2. The highest BCUT2D eigenvalue weighted by Gasteiger charge is 1.91. The van der Waals surface area contributed by atoms with Gasteiger partial charge in [0, 0.05) is 25.5 Å². The molecule has 1 rings (SSSR count). The maximum atomic E-state index is 8.44. The Balaban J connectivity index is 1.99. The van der Waals surface area contributed by atoms with Gasteiger partial charge < -0.3 is 15.2 Å². The number of aliphatic hydroxyl groups excluding tert-OH is 1. The van der Waals surface area contributed by atoms with E-state index in [1.165, 1.54) is 0 Å². The van der Waals surface area contributed by atoms with Crippen LogP contribution in [0.25, 0.3) is 0 Å². The lowest BCUT2D eigenvalue weighted by atomic mass is 10.4. The molecule has 0 aromatic carbocycles. The minimum Gasteiger partial charge on any atom is -0.394 e. The third-order valence-electron chi connectivity index (χ3n) is 1.57. The molecule has 0 aliphatic rings. The molecule has 0 aliphatic carbocycles. The molecule has 0 aliphatic heterocycles. The first-order valence-corrected chi connectivity index (χ1v) is 4.62. The third-order valence-corrected chi connectivity index (χ3v) is 1.57. The van der Waals surface area contributed by atoms with Crippen molar-refractivity contribution in [3.63, 3.8) is 0 Å². The molecule has 0 saturated heterocycles. The van der Waals surface area contributed by atoms with Crippen LogP contribution in [0.4, 0.5) is 5.82 Å². The Labute approximate surface area is 83.2 Å². The van der Waals surface area contributed by atoms with E-state index in [0.29, 0.717) is 13.2 Å². The van der Waals surface area contributed by atoms with Crippen molar-refractivity contribution in [2.75, 3.05) is 31.7 Å². The second kappa shape index (κ2) is 7.23. The summed E-state index contributed by atoms with van der Waals surface area (Å²) in [7, 11) is 0. The first-order valence-electron chi connectivity index (χ1n) is 4.62. The fraction of sp³-hybridized carbons (Fsp3) is 0.556. The molecule has 1 aromatic heterocycles. The molecule has 0 spiro atoms. The van der Waals surface area contributed by atoms with Crippen molar-refractivity contribution >= 4 is 5.82 Å². The number of aliphatic hydroxyl groups is 1. The quantitative estimate of drug-likeness (QED) is 0.615. The van der Waals surface area contributed by atoms with E-state index in [4.69, 9.17) is 9.84 Å². The highest BCUT2D eigenvalue weighted by Crippen LogP contribution is 1.96. The van der Waals surface area contributed by atoms with Crippen LogP contribution in [-0.2, 0) is 4.74 Å². The van der Waals surface area contributed by atoms with Gasteiger partial charge in [0.1, 0.15) is 5.82 Å². The van der Waals surface area contributed by atoms with Crippen LogP contribution in [0, 0.1) is 0 Å². The van der Waals surface area contributed by atoms with Crippen molar-refractivity contribution in [1.82, 2.24) is 9.97 Å². The zero-order valence-electron chi connectivity index (χ0n) is 8.02. The zero-order valence-corrected chi connectivity index (χ0v) is 8.02. The van der Waals surface area contributed by atoms with Crippen molar-refractivity contribution in [3.8, 4) is 0 Å². The van der Waals surface area contributed by atoms with Crippen LogP contribution in [0.15, 0.2) is 18.6 Å². The number of nitrogens with one attached hydrogen (secondary N) is 1. The molecular formula is C9H15N3O2. The predicted molar refractivity (Wildman–Crippen MR) is 53.0 cm³/mol. The second-order valence-electron chi connectivity index (χ2n) is 2.71. The molecule has 1 aromatic rings. The molecular weight excluding hydrogens is 182 g/mol. The number of nitrogens with zero attached hydrogens (tertiary/aromatic N) is 2. The van der Waals surface area contributed by atoms with Gasteiger partial charge in [-0.1, -0.05) is 0 Å². The minimum atomic E-state index is 0.0809. The van der Waals surface area contributed by atoms with E-state index in [9.17, 15) is 0 Å². The normalized spacial score (nSPS) is 10.1. The maximum Gasteiger partial charge on any atom is 0.144 e. The van der Waals surface area contributed by atoms with Crippen LogP contribution in [0.2, 0.25) is 0 Å². The third kappa shape index (κ3) is 4.74. The van der Waals surface area contributed by atoms with Gasteiger partial charge in [0.2, 0.25) is 0 Å². The molecule has 2 N–H and O–H groups in total. The minimum absolute atomic E-state index is 0.0809. The fourth-order valence-electron chi connectivity index (χ4n) is 0.948. The summed E-state index contributed by atoms with van der Waals surface area (Å²) < 4.78 is 5.09. The van der Waals surface area contributed by atoms with Crippen LogP contribution < -0.4 is 5.32 Å². The van der Waals surface area contributed by atoms with Gasteiger partial charge in [-0.2, -0.15) is 0 Å². The van der Waals surface area contributed by atoms with Crippen molar-refractivity contribution in [2.45, 2.75) is 6.42 Å². The highest BCUT2D eigenvalue weighted by atomic mass is 16.5. The average molecular weight is 197 g/mol. The highest BCUT2D eigenvalue weighted by molar-refractivity contribution is 5.29. The summed E-state index contributed by atoms with van der Waals surface area (Å²) in [4.78, 5) is 7.98. The number of aromatic nitrogens is 2. The first kappa shape index (κ1) is 10.9. The molecule has 0 radical (unpaired) electrons. The lowest BCUT2D eigenvalue weighted by Crippen LogP contribution is -2.08. The van der Waals surface area contributed by atoms with Gasteiger partial charge in [0.15, 0.2) is 0 Å². The molecule has 1 heterocycles. The van der Waals surface area contributed by atoms with E-state index in [2.05, 4.69) is 15.3 Å². The Morgan fingerprint density at radius 2 is 2.29 bits per heavy atom. The molecule has 14 heavy (non-hydrogen) atoms. The van der Waals surface area contributed by atoms with Crippen LogP contribution in [0.1, 0.15) is 6.42 Å². The van der Waals surface area contributed by atoms with Gasteiger partial charge in [-0.05, 0) is 6.42 Å². The molecule has 0 amide bonds. The van der Waals surface area contributed by atoms with Gasteiger partial charge in [0.25, 0.3) is 0 Å². The van der Waals surface area contributed by atoms with Crippen molar-refractivity contribution < 1.29 is 9.84 Å². The number of rotatable bonds is 7. The van der Waals surface area contributed by atoms with Gasteiger partial charge in [-0.15, -0.1) is 0 Å². The summed E-state index contributed by atoms with van der Waals surface area (Å²) in [6, 6.07) is 0. The first-order chi connectivity index (χ1) is 6.93. The van der Waals surface area contributed by atoms with Crippen LogP contribution in [0.3, 0.4) is 0 Å². The summed E-state index contributed by atoms with van der Waals surface area (Å²) in [5.41, 5.74) is 0. The molecule has 0 saturated carbocycles. The molecule has 0 fully saturated rings. The largest absolute Gasteiger partial charge is 0.394 e. The lowest BCUT2D eigenvalue weighted by molar-refractivity contribution is 0.0922. The Morgan fingerprint density at radius 1 is 1.36 bits per heavy atom. The van der Waals surface area contributed by atoms with Crippen LogP contribution >= 0.6 is 0 Å². The van der Waals surface area contributed by atoms with Gasteiger partial charge in [-0.3, -0.25) is 4.98 Å². The average Bonchev–Trinajstić information content (AvgIpc) is 2.25. The number of anilines is 1. The molecule has 5 nitrogen and oxygen atoms in total. The maximum absolute atomic E-state index is 8.44. The Hall–Kier alpha value is -1.20. The lowest BCUT2D eigenvalue weighted by Gasteiger charge is -2.04. The predicted octanol–water partition coefficient (Wildman–Crippen LogP) is 0.287. The summed E-state index contributed by atoms with van der Waals surface area (Å²) in [5.74, 6) is 0.773. The monoisotopic (exact) mass is 197 g/mol. The van der Waals surface area contributed by atoms with Gasteiger partial charge in [-0.25, -0.2) is 4.98 Å². The van der Waals surface area contributed by atoms with E-state index in [-0.39, 0.29) is 6.61 Å².